The van der Waals surface area contributed by atoms with Gasteiger partial charge < -0.3 is 34.9 Å². The standard InChI is InChI=1S/C31H35FN4O8S/c1-19-16-36(20(2)18-37)30(38)24-5-4-6-25(34-31(39)33-22-9-7-21(32)8-10-22)29(24)44-28(19)17-35(3)45(40,41)23-11-12-26-27(15-23)43-14-13-42-26/h4-12,15,19-20,28,37H,13-14,16-18H2,1-3H3,(H2,33,34,39)/t19-,20+,28+/m1/s1. The number of aliphatic hydroxyl groups is 1. The van der Waals surface area contributed by atoms with Gasteiger partial charge in [-0.3, -0.25) is 4.79 Å². The number of carbonyl (C=O) groups is 2. The number of aliphatic hydroxyl groups excluding tert-OH is 1. The second kappa shape index (κ2) is 13.3. The van der Waals surface area contributed by atoms with E-state index in [0.29, 0.717) is 30.4 Å². The highest BCUT2D eigenvalue weighted by Crippen LogP contribution is 2.36. The van der Waals surface area contributed by atoms with Gasteiger partial charge in [0.05, 0.1) is 35.3 Å². The summed E-state index contributed by atoms with van der Waals surface area (Å²) in [6.07, 6.45) is -0.787. The Balaban J connectivity index is 1.45. The Bertz CT molecular complexity index is 1670. The van der Waals surface area contributed by atoms with E-state index in [2.05, 4.69) is 10.6 Å². The van der Waals surface area contributed by atoms with Crippen LogP contribution in [0.15, 0.2) is 65.6 Å². The third kappa shape index (κ3) is 6.97. The summed E-state index contributed by atoms with van der Waals surface area (Å²) in [5, 5.41) is 15.2. The van der Waals surface area contributed by atoms with E-state index in [0.717, 1.165) is 0 Å². The number of para-hydroxylation sites is 1. The number of amides is 3. The van der Waals surface area contributed by atoms with Gasteiger partial charge in [0, 0.05) is 31.3 Å². The van der Waals surface area contributed by atoms with Crippen molar-refractivity contribution in [1.29, 1.82) is 0 Å². The van der Waals surface area contributed by atoms with Gasteiger partial charge in [-0.05, 0) is 55.5 Å². The van der Waals surface area contributed by atoms with E-state index >= 15 is 0 Å². The molecule has 2 heterocycles. The third-order valence-electron chi connectivity index (χ3n) is 7.70. The Labute approximate surface area is 260 Å². The van der Waals surface area contributed by atoms with E-state index in [1.807, 2.05) is 6.92 Å². The quantitative estimate of drug-likeness (QED) is 0.337. The number of anilines is 2. The van der Waals surface area contributed by atoms with Gasteiger partial charge in [0.25, 0.3) is 5.91 Å². The summed E-state index contributed by atoms with van der Waals surface area (Å²) in [5.41, 5.74) is 0.628. The monoisotopic (exact) mass is 642 g/mol. The molecule has 2 aliphatic rings. The number of rotatable bonds is 8. The Morgan fingerprint density at radius 2 is 1.80 bits per heavy atom. The average Bonchev–Trinajstić information content (AvgIpc) is 3.03. The van der Waals surface area contributed by atoms with Gasteiger partial charge in [0.1, 0.15) is 25.1 Å². The fraction of sp³-hybridized carbons (Fsp3) is 0.355. The van der Waals surface area contributed by atoms with Crippen LogP contribution in [0.4, 0.5) is 20.6 Å². The predicted molar refractivity (Wildman–Crippen MR) is 164 cm³/mol. The van der Waals surface area contributed by atoms with Gasteiger partial charge >= 0.3 is 6.03 Å². The Kier molecular flexibility index (Phi) is 9.46. The SMILES string of the molecule is C[C@@H]1CN([C@@H](C)CO)C(=O)c2cccc(NC(=O)Nc3ccc(F)cc3)c2O[C@H]1CN(C)S(=O)(=O)c1ccc2c(c1)OCCO2. The average molecular weight is 643 g/mol. The molecule has 0 saturated heterocycles. The molecule has 0 bridgehead atoms. The lowest BCUT2D eigenvalue weighted by atomic mass is 9.99. The van der Waals surface area contributed by atoms with Crippen LogP contribution in [0.1, 0.15) is 24.2 Å². The summed E-state index contributed by atoms with van der Waals surface area (Å²) >= 11 is 0. The van der Waals surface area contributed by atoms with Crippen molar-refractivity contribution >= 4 is 33.3 Å². The fourth-order valence-corrected chi connectivity index (χ4v) is 6.29. The molecule has 2 aliphatic heterocycles. The smallest absolute Gasteiger partial charge is 0.323 e. The van der Waals surface area contributed by atoms with Crippen LogP contribution in [-0.2, 0) is 10.0 Å². The highest BCUT2D eigenvalue weighted by Gasteiger charge is 2.36. The number of likely N-dealkylation sites (N-methyl/N-ethyl adjacent to an activating group) is 1. The zero-order valence-corrected chi connectivity index (χ0v) is 25.8. The van der Waals surface area contributed by atoms with Gasteiger partial charge in [-0.15, -0.1) is 0 Å². The van der Waals surface area contributed by atoms with Crippen molar-refractivity contribution in [2.75, 3.05) is 50.6 Å². The second-order valence-electron chi connectivity index (χ2n) is 11.0. The molecule has 3 aromatic rings. The maximum Gasteiger partial charge on any atom is 0.323 e. The zero-order chi connectivity index (χ0) is 32.3. The number of fused-ring (bicyclic) bond motifs is 2. The molecule has 0 spiro atoms. The third-order valence-corrected chi connectivity index (χ3v) is 9.52. The van der Waals surface area contributed by atoms with Gasteiger partial charge in [-0.25, -0.2) is 17.6 Å². The molecule has 45 heavy (non-hydrogen) atoms. The number of urea groups is 1. The minimum absolute atomic E-state index is 0.0127. The van der Waals surface area contributed by atoms with Crippen molar-refractivity contribution in [3.63, 3.8) is 0 Å². The van der Waals surface area contributed by atoms with Crippen molar-refractivity contribution in [2.45, 2.75) is 30.9 Å². The number of nitrogens with one attached hydrogen (secondary N) is 2. The molecule has 0 radical (unpaired) electrons. The summed E-state index contributed by atoms with van der Waals surface area (Å²) in [6, 6.07) is 13.1. The number of ether oxygens (including phenoxy) is 3. The van der Waals surface area contributed by atoms with Crippen LogP contribution in [-0.4, -0.2) is 86.8 Å². The van der Waals surface area contributed by atoms with Crippen LogP contribution in [0.5, 0.6) is 17.2 Å². The number of hydrogen-bond donors (Lipinski definition) is 3. The lowest BCUT2D eigenvalue weighted by Gasteiger charge is -2.38. The van der Waals surface area contributed by atoms with Crippen LogP contribution >= 0.6 is 0 Å². The lowest BCUT2D eigenvalue weighted by molar-refractivity contribution is 0.0389. The normalized spacial score (nSPS) is 18.7. The first kappa shape index (κ1) is 32.0. The van der Waals surface area contributed by atoms with Crippen LogP contribution in [0.2, 0.25) is 0 Å². The molecule has 3 amide bonds. The van der Waals surface area contributed by atoms with Crippen molar-refractivity contribution in [1.82, 2.24) is 9.21 Å². The van der Waals surface area contributed by atoms with Crippen molar-refractivity contribution in [3.05, 3.63) is 72.0 Å². The molecule has 5 rings (SSSR count). The molecule has 0 aromatic heterocycles. The van der Waals surface area contributed by atoms with Crippen LogP contribution in [0.25, 0.3) is 0 Å². The summed E-state index contributed by atoms with van der Waals surface area (Å²) < 4.78 is 59.3. The van der Waals surface area contributed by atoms with E-state index in [1.54, 1.807) is 31.2 Å². The molecule has 0 aliphatic carbocycles. The predicted octanol–water partition coefficient (Wildman–Crippen LogP) is 3.78. The van der Waals surface area contributed by atoms with Crippen molar-refractivity contribution in [2.24, 2.45) is 5.92 Å². The van der Waals surface area contributed by atoms with Gasteiger partial charge in [0.15, 0.2) is 17.2 Å². The lowest BCUT2D eigenvalue weighted by Crippen LogP contribution is -2.50. The number of hydrogen-bond acceptors (Lipinski definition) is 8. The van der Waals surface area contributed by atoms with Crippen LogP contribution < -0.4 is 24.8 Å². The van der Waals surface area contributed by atoms with Gasteiger partial charge in [-0.1, -0.05) is 13.0 Å². The summed E-state index contributed by atoms with van der Waals surface area (Å²) in [5.74, 6) is -0.440. The summed E-state index contributed by atoms with van der Waals surface area (Å²) in [4.78, 5) is 28.2. The number of benzene rings is 3. The summed E-state index contributed by atoms with van der Waals surface area (Å²) in [7, 11) is -2.58. The van der Waals surface area contributed by atoms with Gasteiger partial charge in [0.2, 0.25) is 10.0 Å². The number of nitrogens with zero attached hydrogens (tertiary/aromatic N) is 2. The fourth-order valence-electron chi connectivity index (χ4n) is 5.09. The van der Waals surface area contributed by atoms with Crippen LogP contribution in [0, 0.1) is 11.7 Å². The Hall–Kier alpha value is -4.40. The number of halogens is 1. The maximum atomic E-state index is 13.7. The van der Waals surface area contributed by atoms with Crippen molar-refractivity contribution < 1.29 is 41.7 Å². The van der Waals surface area contributed by atoms with E-state index in [-0.39, 0.29) is 41.6 Å². The second-order valence-corrected chi connectivity index (χ2v) is 13.0. The number of sulfonamides is 1. The Morgan fingerprint density at radius 1 is 1.09 bits per heavy atom. The molecule has 0 fully saturated rings. The first-order chi connectivity index (χ1) is 21.5. The molecular formula is C31H35FN4O8S. The minimum Gasteiger partial charge on any atom is -0.486 e. The molecule has 240 valence electrons. The highest BCUT2D eigenvalue weighted by molar-refractivity contribution is 7.89. The molecule has 0 unspecified atom stereocenters. The van der Waals surface area contributed by atoms with E-state index in [1.165, 1.54) is 52.7 Å². The molecular weight excluding hydrogens is 607 g/mol. The van der Waals surface area contributed by atoms with E-state index in [9.17, 15) is 27.5 Å². The van der Waals surface area contributed by atoms with E-state index in [4.69, 9.17) is 14.2 Å². The first-order valence-electron chi connectivity index (χ1n) is 14.4. The molecule has 14 heteroatoms. The minimum atomic E-state index is -4.01. The largest absolute Gasteiger partial charge is 0.486 e. The van der Waals surface area contributed by atoms with Gasteiger partial charge in [-0.2, -0.15) is 4.31 Å². The summed E-state index contributed by atoms with van der Waals surface area (Å²) in [6.45, 7) is 3.97. The topological polar surface area (TPSA) is 147 Å². The maximum absolute atomic E-state index is 13.7. The first-order valence-corrected chi connectivity index (χ1v) is 15.8. The molecule has 3 N–H and O–H groups in total. The molecule has 3 aromatic carbocycles. The zero-order valence-electron chi connectivity index (χ0n) is 25.0. The highest BCUT2D eigenvalue weighted by atomic mass is 32.2. The molecule has 3 atom stereocenters. The molecule has 12 nitrogen and oxygen atoms in total. The van der Waals surface area contributed by atoms with Crippen molar-refractivity contribution in [3.8, 4) is 17.2 Å². The number of carbonyl (C=O) groups excluding carboxylic acids is 2. The van der Waals surface area contributed by atoms with E-state index < -0.39 is 45.8 Å². The Morgan fingerprint density at radius 3 is 2.51 bits per heavy atom. The molecule has 0 saturated carbocycles. The van der Waals surface area contributed by atoms with Crippen LogP contribution in [0.3, 0.4) is 0 Å².